The van der Waals surface area contributed by atoms with E-state index in [4.69, 9.17) is 13.6 Å². The van der Waals surface area contributed by atoms with Gasteiger partial charge < -0.3 is 9.47 Å². The topological polar surface area (TPSA) is 35.5 Å². The van der Waals surface area contributed by atoms with Crippen LogP contribution in [0.15, 0.2) is 48.5 Å². The molecule has 0 aliphatic rings. The fourth-order valence-electron chi connectivity index (χ4n) is 1.66. The molecule has 0 aliphatic heterocycles. The molecule has 2 aromatic rings. The fraction of sp³-hybridized carbons (Fsp3) is 0.188. The third-order valence-corrected chi connectivity index (χ3v) is 2.70. The Kier molecular flexibility index (Phi) is 3.06. The zero-order valence-corrected chi connectivity index (χ0v) is 10.6. The van der Waals surface area contributed by atoms with E-state index in [2.05, 4.69) is 0 Å². The lowest BCUT2D eigenvalue weighted by molar-refractivity contribution is 0.101. The minimum absolute atomic E-state index is 0.0311. The van der Waals surface area contributed by atoms with Crippen LogP contribution >= 0.6 is 0 Å². The minimum Gasteiger partial charge on any atom is -0.493 e. The summed E-state index contributed by atoms with van der Waals surface area (Å²) in [6.45, 7) is 1.68. The lowest BCUT2D eigenvalue weighted by Gasteiger charge is -2.11. The molecule has 2 aromatic carbocycles. The fourth-order valence-corrected chi connectivity index (χ4v) is 1.66. The average Bonchev–Trinajstić information content (AvgIpc) is 2.45. The van der Waals surface area contributed by atoms with Crippen molar-refractivity contribution in [3.8, 4) is 11.5 Å². The number of benzene rings is 2. The van der Waals surface area contributed by atoms with Crippen LogP contribution in [0.4, 0.5) is 0 Å². The van der Waals surface area contributed by atoms with Crippen molar-refractivity contribution in [3.05, 3.63) is 59.7 Å². The van der Waals surface area contributed by atoms with Crippen molar-refractivity contribution >= 4 is 5.78 Å². The van der Waals surface area contributed by atoms with Crippen molar-refractivity contribution in [2.24, 2.45) is 0 Å². The first-order chi connectivity index (χ1) is 10.3. The molecule has 19 heavy (non-hydrogen) atoms. The molecule has 3 nitrogen and oxygen atoms in total. The summed E-state index contributed by atoms with van der Waals surface area (Å²) >= 11 is 0. The number of methoxy groups -OCH3 is 1. The molecule has 0 saturated carbocycles. The van der Waals surface area contributed by atoms with Gasteiger partial charge in [0.25, 0.3) is 0 Å². The van der Waals surface area contributed by atoms with E-state index in [1.807, 2.05) is 30.3 Å². The Morgan fingerprint density at radius 3 is 2.63 bits per heavy atom. The lowest BCUT2D eigenvalue weighted by Crippen LogP contribution is -1.99. The molecular formula is C16H16O3. The van der Waals surface area contributed by atoms with Crippen LogP contribution in [0.5, 0.6) is 11.5 Å². The van der Waals surface area contributed by atoms with E-state index >= 15 is 0 Å². The second kappa shape index (κ2) is 6.05. The van der Waals surface area contributed by atoms with Gasteiger partial charge in [0, 0.05) is 5.56 Å². The quantitative estimate of drug-likeness (QED) is 0.771. The van der Waals surface area contributed by atoms with E-state index in [-0.39, 0.29) is 23.9 Å². The third kappa shape index (κ3) is 3.35. The van der Waals surface area contributed by atoms with Crippen LogP contribution in [0.25, 0.3) is 0 Å². The van der Waals surface area contributed by atoms with Crippen molar-refractivity contribution in [3.63, 3.8) is 0 Å². The SMILES string of the molecule is [2H]C([2H])([2H])Oc1cc(C(C)=O)ccc1OCc1ccccc1. The van der Waals surface area contributed by atoms with Crippen LogP contribution < -0.4 is 9.47 Å². The van der Waals surface area contributed by atoms with Crippen molar-refractivity contribution in [1.29, 1.82) is 0 Å². The highest BCUT2D eigenvalue weighted by molar-refractivity contribution is 5.94. The zero-order chi connectivity index (χ0) is 16.2. The summed E-state index contributed by atoms with van der Waals surface area (Å²) in [5.74, 6) is 0.138. The van der Waals surface area contributed by atoms with Crippen molar-refractivity contribution in [2.45, 2.75) is 13.5 Å². The molecule has 0 radical (unpaired) electrons. The largest absolute Gasteiger partial charge is 0.493 e. The second-order valence-electron chi connectivity index (χ2n) is 4.09. The van der Waals surface area contributed by atoms with Crippen LogP contribution in [-0.2, 0) is 6.61 Å². The molecule has 0 amide bonds. The monoisotopic (exact) mass is 259 g/mol. The highest BCUT2D eigenvalue weighted by atomic mass is 16.5. The van der Waals surface area contributed by atoms with E-state index < -0.39 is 7.04 Å². The van der Waals surface area contributed by atoms with Gasteiger partial charge in [-0.1, -0.05) is 30.3 Å². The molecule has 0 spiro atoms. The maximum Gasteiger partial charge on any atom is 0.161 e. The van der Waals surface area contributed by atoms with E-state index in [1.54, 1.807) is 12.1 Å². The van der Waals surface area contributed by atoms with Crippen LogP contribution in [0.1, 0.15) is 27.0 Å². The third-order valence-electron chi connectivity index (χ3n) is 2.70. The Bertz CT molecular complexity index is 651. The minimum atomic E-state index is -2.61. The summed E-state index contributed by atoms with van der Waals surface area (Å²) in [6.07, 6.45) is 0. The first-order valence-electron chi connectivity index (χ1n) is 7.36. The van der Waals surface area contributed by atoms with Crippen LogP contribution in [0.2, 0.25) is 0 Å². The van der Waals surface area contributed by atoms with Gasteiger partial charge in [-0.15, -0.1) is 0 Å². The van der Waals surface area contributed by atoms with E-state index in [0.717, 1.165) is 5.56 Å². The highest BCUT2D eigenvalue weighted by Gasteiger charge is 2.08. The van der Waals surface area contributed by atoms with E-state index in [1.165, 1.54) is 13.0 Å². The molecule has 0 heterocycles. The molecule has 0 aromatic heterocycles. The van der Waals surface area contributed by atoms with Crippen LogP contribution in [0.3, 0.4) is 0 Å². The van der Waals surface area contributed by atoms with E-state index in [9.17, 15) is 4.79 Å². The predicted octanol–water partition coefficient (Wildman–Crippen LogP) is 3.48. The summed E-state index contributed by atoms with van der Waals surface area (Å²) in [4.78, 5) is 11.4. The molecule has 0 aliphatic carbocycles. The first-order valence-corrected chi connectivity index (χ1v) is 5.86. The van der Waals surface area contributed by atoms with Gasteiger partial charge in [0.2, 0.25) is 0 Å². The number of ketones is 1. The number of carbonyl (C=O) groups excluding carboxylic acids is 1. The molecule has 0 fully saturated rings. The number of Topliss-reactive ketones (excluding diaryl/α,β-unsaturated/α-hetero) is 1. The van der Waals surface area contributed by atoms with Crippen molar-refractivity contribution < 1.29 is 18.4 Å². The normalized spacial score (nSPS) is 13.0. The lowest BCUT2D eigenvalue weighted by atomic mass is 10.1. The highest BCUT2D eigenvalue weighted by Crippen LogP contribution is 2.28. The summed E-state index contributed by atoms with van der Waals surface area (Å²) in [5.41, 5.74) is 1.31. The maximum absolute atomic E-state index is 11.4. The van der Waals surface area contributed by atoms with Gasteiger partial charge >= 0.3 is 0 Å². The summed E-state index contributed by atoms with van der Waals surface area (Å²) in [5, 5.41) is 0. The van der Waals surface area contributed by atoms with Crippen molar-refractivity contribution in [2.75, 3.05) is 7.04 Å². The first kappa shape index (κ1) is 9.62. The number of hydrogen-bond donors (Lipinski definition) is 0. The molecular weight excluding hydrogens is 240 g/mol. The van der Waals surface area contributed by atoms with Gasteiger partial charge in [-0.25, -0.2) is 0 Å². The van der Waals surface area contributed by atoms with Gasteiger partial charge in [0.05, 0.1) is 11.2 Å². The summed E-state index contributed by atoms with van der Waals surface area (Å²) in [7, 11) is -2.61. The predicted molar refractivity (Wildman–Crippen MR) is 73.8 cm³/mol. The van der Waals surface area contributed by atoms with Crippen molar-refractivity contribution in [1.82, 2.24) is 0 Å². The average molecular weight is 259 g/mol. The molecule has 0 unspecified atom stereocenters. The number of hydrogen-bond acceptors (Lipinski definition) is 3. The molecule has 0 N–H and O–H groups in total. The van der Waals surface area contributed by atoms with Gasteiger partial charge in [-0.05, 0) is 30.7 Å². The zero-order valence-electron chi connectivity index (χ0n) is 13.6. The van der Waals surface area contributed by atoms with Gasteiger partial charge in [-0.3, -0.25) is 4.79 Å². The molecule has 2 rings (SSSR count). The van der Waals surface area contributed by atoms with Gasteiger partial charge in [0.15, 0.2) is 17.3 Å². The second-order valence-corrected chi connectivity index (χ2v) is 4.09. The Hall–Kier alpha value is -2.29. The Balaban J connectivity index is 2.23. The number of rotatable bonds is 5. The molecule has 0 bridgehead atoms. The summed E-state index contributed by atoms with van der Waals surface area (Å²) < 4.78 is 32.2. The Morgan fingerprint density at radius 2 is 1.95 bits per heavy atom. The maximum atomic E-state index is 11.4. The van der Waals surface area contributed by atoms with Crippen LogP contribution in [-0.4, -0.2) is 12.8 Å². The van der Waals surface area contributed by atoms with Gasteiger partial charge in [-0.2, -0.15) is 0 Å². The smallest absolute Gasteiger partial charge is 0.161 e. The van der Waals surface area contributed by atoms with Gasteiger partial charge in [0.1, 0.15) is 6.61 Å². The number of carbonyl (C=O) groups is 1. The Labute approximate surface area is 117 Å². The molecule has 0 saturated heterocycles. The molecule has 3 heteroatoms. The molecule has 98 valence electrons. The Morgan fingerprint density at radius 1 is 1.16 bits per heavy atom. The standard InChI is InChI=1S/C16H16O3/c1-12(17)14-8-9-15(16(10-14)18-2)19-11-13-6-4-3-5-7-13/h3-10H,11H2,1-2H3/i2D3. The van der Waals surface area contributed by atoms with E-state index in [0.29, 0.717) is 5.56 Å². The summed E-state index contributed by atoms with van der Waals surface area (Å²) in [6, 6.07) is 14.0. The van der Waals surface area contributed by atoms with Crippen LogP contribution in [0, 0.1) is 0 Å². The molecule has 0 atom stereocenters. The number of ether oxygens (including phenoxy) is 2.